The third-order valence-electron chi connectivity index (χ3n) is 8.89. The normalized spacial score (nSPS) is 26.8. The minimum atomic E-state index is -1.07. The number of imidazole rings is 1. The third-order valence-corrected chi connectivity index (χ3v) is 9.18. The Balaban J connectivity index is 1.15. The molecule has 3 aliphatic rings. The van der Waals surface area contributed by atoms with Crippen LogP contribution in [0, 0.1) is 29.5 Å². The molecule has 2 aliphatic carbocycles. The maximum Gasteiger partial charge on any atom is 0.274 e. The number of ether oxygens (including phenoxy) is 1. The first kappa shape index (κ1) is 27.9. The molecule has 1 aliphatic heterocycles. The van der Waals surface area contributed by atoms with Crippen LogP contribution in [-0.4, -0.2) is 54.3 Å². The van der Waals surface area contributed by atoms with E-state index in [0.29, 0.717) is 56.0 Å². The lowest BCUT2D eigenvalue weighted by Crippen LogP contribution is -2.34. The Bertz CT molecular complexity index is 1540. The number of benzene rings is 1. The largest absolute Gasteiger partial charge is 0.384 e. The van der Waals surface area contributed by atoms with Crippen LogP contribution in [0.4, 0.5) is 10.1 Å². The van der Waals surface area contributed by atoms with Gasteiger partial charge in [0.05, 0.1) is 36.0 Å². The maximum atomic E-state index is 13.6. The molecule has 2 unspecified atom stereocenters. The Labute approximate surface area is 242 Å². The van der Waals surface area contributed by atoms with Gasteiger partial charge in [0, 0.05) is 38.5 Å². The van der Waals surface area contributed by atoms with Crippen LogP contribution in [0.2, 0.25) is 5.02 Å². The number of halogens is 2. The fourth-order valence-corrected chi connectivity index (χ4v) is 7.04. The average molecular weight is 582 g/mol. The predicted molar refractivity (Wildman–Crippen MR) is 150 cm³/mol. The van der Waals surface area contributed by atoms with Crippen LogP contribution in [-0.2, 0) is 24.4 Å². The Kier molecular flexibility index (Phi) is 7.19. The number of hydrogen-bond donors (Lipinski definition) is 3. The van der Waals surface area contributed by atoms with Gasteiger partial charge in [-0.25, -0.2) is 9.37 Å². The van der Waals surface area contributed by atoms with E-state index in [9.17, 15) is 19.4 Å². The Hall–Kier alpha value is -3.23. The summed E-state index contributed by atoms with van der Waals surface area (Å²) >= 11 is 5.88. The zero-order valence-electron chi connectivity index (χ0n) is 23.0. The lowest BCUT2D eigenvalue weighted by molar-refractivity contribution is -0.0262. The van der Waals surface area contributed by atoms with Crippen molar-refractivity contribution in [2.45, 2.75) is 55.6 Å². The summed E-state index contributed by atoms with van der Waals surface area (Å²) in [6.07, 6.45) is 5.37. The summed E-state index contributed by atoms with van der Waals surface area (Å²) < 4.78 is 22.3. The number of aliphatic hydroxyl groups is 2. The lowest BCUT2D eigenvalue weighted by Gasteiger charge is -2.26. The van der Waals surface area contributed by atoms with Crippen LogP contribution in [0.25, 0.3) is 0 Å². The molecule has 3 aromatic rings. The monoisotopic (exact) mass is 581 g/mol. The second-order valence-corrected chi connectivity index (χ2v) is 12.1. The molecule has 6 rings (SSSR count). The molecule has 0 spiro atoms. The van der Waals surface area contributed by atoms with Crippen molar-refractivity contribution in [1.82, 2.24) is 19.3 Å². The van der Waals surface area contributed by atoms with Crippen molar-refractivity contribution in [2.75, 3.05) is 18.5 Å². The number of carbonyl (C=O) groups excluding carboxylic acids is 1. The summed E-state index contributed by atoms with van der Waals surface area (Å²) in [7, 11) is 3.59. The van der Waals surface area contributed by atoms with E-state index < -0.39 is 17.0 Å². The summed E-state index contributed by atoms with van der Waals surface area (Å²) in [4.78, 5) is 17.8. The summed E-state index contributed by atoms with van der Waals surface area (Å²) in [5.74, 6) is 5.71. The van der Waals surface area contributed by atoms with Gasteiger partial charge in [-0.2, -0.15) is 5.10 Å². The second kappa shape index (κ2) is 10.6. The van der Waals surface area contributed by atoms with Crippen LogP contribution in [0.1, 0.15) is 72.0 Å². The van der Waals surface area contributed by atoms with Gasteiger partial charge in [0.15, 0.2) is 0 Å². The van der Waals surface area contributed by atoms with Crippen LogP contribution in [0.5, 0.6) is 0 Å². The molecule has 216 valence electrons. The Morgan fingerprint density at radius 3 is 2.56 bits per heavy atom. The van der Waals surface area contributed by atoms with Gasteiger partial charge in [0.25, 0.3) is 5.91 Å². The molecule has 0 bridgehead atoms. The van der Waals surface area contributed by atoms with E-state index in [-0.39, 0.29) is 28.7 Å². The van der Waals surface area contributed by atoms with E-state index in [2.05, 4.69) is 27.2 Å². The molecule has 41 heavy (non-hydrogen) atoms. The lowest BCUT2D eigenvalue weighted by atomic mass is 9.90. The van der Waals surface area contributed by atoms with Crippen LogP contribution < -0.4 is 5.32 Å². The number of hydrogen-bond acceptors (Lipinski definition) is 6. The standard InChI is InChI=1S/C30H33ClFN5O4/c1-36-17-33-26(27(36)28(38)34-21-3-4-24(32)23(31)13-21)18-11-19-15-30(40,16-20(19)12-18)25-14-22(35-37(25)2)5-6-29(39)7-9-41-10-8-29/h3-4,13-14,17-20,39-40H,7-12,15-16H2,1-2H3,(H,34,38). The van der Waals surface area contributed by atoms with Crippen molar-refractivity contribution < 1.29 is 24.1 Å². The van der Waals surface area contributed by atoms with E-state index in [1.807, 2.05) is 13.1 Å². The molecule has 2 aromatic heterocycles. The van der Waals surface area contributed by atoms with Gasteiger partial charge in [0.1, 0.15) is 28.4 Å². The molecule has 11 heteroatoms. The molecule has 2 saturated carbocycles. The highest BCUT2D eigenvalue weighted by molar-refractivity contribution is 6.31. The molecular formula is C30H33ClFN5O4. The Morgan fingerprint density at radius 2 is 1.88 bits per heavy atom. The second-order valence-electron chi connectivity index (χ2n) is 11.7. The maximum absolute atomic E-state index is 13.6. The summed E-state index contributed by atoms with van der Waals surface area (Å²) in [6, 6.07) is 5.90. The third kappa shape index (κ3) is 5.40. The molecule has 3 N–H and O–H groups in total. The molecule has 3 heterocycles. The van der Waals surface area contributed by atoms with Gasteiger partial charge in [-0.3, -0.25) is 9.48 Å². The summed E-state index contributed by atoms with van der Waals surface area (Å²) in [6.45, 7) is 0.964. The number of nitrogens with one attached hydrogen (secondary N) is 1. The summed E-state index contributed by atoms with van der Waals surface area (Å²) in [5.41, 5.74) is 0.763. The van der Waals surface area contributed by atoms with Crippen LogP contribution >= 0.6 is 11.6 Å². The Morgan fingerprint density at radius 1 is 1.17 bits per heavy atom. The van der Waals surface area contributed by atoms with E-state index in [0.717, 1.165) is 24.2 Å². The van der Waals surface area contributed by atoms with Gasteiger partial charge in [-0.1, -0.05) is 17.5 Å². The fraction of sp³-hybridized carbons (Fsp3) is 0.500. The highest BCUT2D eigenvalue weighted by Gasteiger charge is 2.51. The van der Waals surface area contributed by atoms with E-state index in [4.69, 9.17) is 16.3 Å². The fourth-order valence-electron chi connectivity index (χ4n) is 6.86. The van der Waals surface area contributed by atoms with E-state index in [1.54, 1.807) is 22.6 Å². The van der Waals surface area contributed by atoms with Gasteiger partial charge in [0.2, 0.25) is 0 Å². The SMILES string of the molecule is Cn1cnc(C2CC3CC(O)(c4cc(C#CC5(O)CCOCC5)nn4C)CC3C2)c1C(=O)Nc1ccc(F)c(Cl)c1. The van der Waals surface area contributed by atoms with Crippen molar-refractivity contribution in [3.63, 3.8) is 0 Å². The number of aromatic nitrogens is 4. The van der Waals surface area contributed by atoms with Gasteiger partial charge in [-0.15, -0.1) is 0 Å². The number of carbonyl (C=O) groups is 1. The zero-order chi connectivity index (χ0) is 28.9. The zero-order valence-corrected chi connectivity index (χ0v) is 23.8. The van der Waals surface area contributed by atoms with Crippen molar-refractivity contribution >= 4 is 23.2 Å². The van der Waals surface area contributed by atoms with Crippen molar-refractivity contribution in [1.29, 1.82) is 0 Å². The number of amides is 1. The van der Waals surface area contributed by atoms with E-state index >= 15 is 0 Å². The van der Waals surface area contributed by atoms with Gasteiger partial charge >= 0.3 is 0 Å². The first-order valence-electron chi connectivity index (χ1n) is 13.9. The topological polar surface area (TPSA) is 114 Å². The number of rotatable bonds is 4. The highest BCUT2D eigenvalue weighted by atomic mass is 35.5. The molecule has 1 saturated heterocycles. The highest BCUT2D eigenvalue weighted by Crippen LogP contribution is 2.56. The molecule has 1 aromatic carbocycles. The number of nitrogens with zero attached hydrogens (tertiary/aromatic N) is 4. The van der Waals surface area contributed by atoms with Gasteiger partial charge in [-0.05, 0) is 67.7 Å². The van der Waals surface area contributed by atoms with Crippen molar-refractivity contribution in [3.05, 3.63) is 64.2 Å². The molecule has 1 amide bonds. The van der Waals surface area contributed by atoms with Crippen molar-refractivity contribution in [3.8, 4) is 11.8 Å². The van der Waals surface area contributed by atoms with Gasteiger partial charge < -0.3 is 24.8 Å². The quantitative estimate of drug-likeness (QED) is 0.403. The molecular weight excluding hydrogens is 549 g/mol. The predicted octanol–water partition coefficient (Wildman–Crippen LogP) is 3.88. The van der Waals surface area contributed by atoms with Crippen molar-refractivity contribution in [2.24, 2.45) is 25.9 Å². The molecule has 0 radical (unpaired) electrons. The number of anilines is 1. The number of fused-ring (bicyclic) bond motifs is 1. The first-order valence-corrected chi connectivity index (χ1v) is 14.3. The first-order chi connectivity index (χ1) is 19.5. The molecule has 9 nitrogen and oxygen atoms in total. The minimum absolute atomic E-state index is 0.0617. The van der Waals surface area contributed by atoms with E-state index in [1.165, 1.54) is 18.2 Å². The smallest absolute Gasteiger partial charge is 0.274 e. The molecule has 2 atom stereocenters. The average Bonchev–Trinajstić information content (AvgIpc) is 3.67. The minimum Gasteiger partial charge on any atom is -0.384 e. The molecule has 3 fully saturated rings. The van der Waals surface area contributed by atoms with Crippen LogP contribution in [0.15, 0.2) is 30.6 Å². The summed E-state index contributed by atoms with van der Waals surface area (Å²) in [5, 5.41) is 29.7. The van der Waals surface area contributed by atoms with Crippen LogP contribution in [0.3, 0.4) is 0 Å². The number of aryl methyl sites for hydroxylation is 2.